The summed E-state index contributed by atoms with van der Waals surface area (Å²) < 4.78 is 5.25. The van der Waals surface area contributed by atoms with Crippen LogP contribution in [0, 0.1) is 5.92 Å². The molecule has 6 heteroatoms. The van der Waals surface area contributed by atoms with Crippen LogP contribution < -0.4 is 10.6 Å². The van der Waals surface area contributed by atoms with E-state index in [0.29, 0.717) is 18.9 Å². The molecule has 0 aromatic carbocycles. The van der Waals surface area contributed by atoms with Crippen molar-refractivity contribution in [3.8, 4) is 0 Å². The summed E-state index contributed by atoms with van der Waals surface area (Å²) >= 11 is 0. The highest BCUT2D eigenvalue weighted by Gasteiger charge is 2.17. The van der Waals surface area contributed by atoms with Crippen LogP contribution in [0.25, 0.3) is 0 Å². The Kier molecular flexibility index (Phi) is 7.25. The minimum absolute atomic E-state index is 0.0292. The third kappa shape index (κ3) is 7.00. The summed E-state index contributed by atoms with van der Waals surface area (Å²) in [5.41, 5.74) is 0. The highest BCUT2D eigenvalue weighted by molar-refractivity contribution is 5.75. The van der Waals surface area contributed by atoms with Gasteiger partial charge in [-0.3, -0.25) is 4.79 Å². The molecule has 3 N–H and O–H groups in total. The third-order valence-corrected chi connectivity index (χ3v) is 3.29. The highest BCUT2D eigenvalue weighted by atomic mass is 16.5. The number of carboxylic acids is 1. The van der Waals surface area contributed by atoms with Crippen molar-refractivity contribution in [3.63, 3.8) is 0 Å². The molecule has 0 saturated carbocycles. The van der Waals surface area contributed by atoms with Gasteiger partial charge in [0.05, 0.1) is 6.42 Å². The summed E-state index contributed by atoms with van der Waals surface area (Å²) in [6.45, 7) is 4.11. The van der Waals surface area contributed by atoms with Gasteiger partial charge < -0.3 is 20.5 Å². The molecule has 0 aromatic heterocycles. The zero-order valence-electron chi connectivity index (χ0n) is 11.5. The minimum Gasteiger partial charge on any atom is -0.481 e. The number of carboxylic acid groups (broad SMARTS) is 1. The monoisotopic (exact) mass is 272 g/mol. The molecular formula is C13H24N2O4. The normalized spacial score (nSPS) is 17.7. The van der Waals surface area contributed by atoms with E-state index in [1.54, 1.807) is 0 Å². The highest BCUT2D eigenvalue weighted by Crippen LogP contribution is 2.13. The van der Waals surface area contributed by atoms with E-state index in [1.807, 2.05) is 6.92 Å². The van der Waals surface area contributed by atoms with Gasteiger partial charge in [-0.15, -0.1) is 0 Å². The zero-order chi connectivity index (χ0) is 14.1. The maximum atomic E-state index is 11.7. The molecular weight excluding hydrogens is 248 g/mol. The Balaban J connectivity index is 2.24. The SMILES string of the molecule is CCCC(CC(=O)O)NC(=O)NCC1CCOCC1. The van der Waals surface area contributed by atoms with Crippen molar-refractivity contribution in [3.05, 3.63) is 0 Å². The maximum absolute atomic E-state index is 11.7. The van der Waals surface area contributed by atoms with Crippen LogP contribution in [0.5, 0.6) is 0 Å². The summed E-state index contributed by atoms with van der Waals surface area (Å²) in [4.78, 5) is 22.4. The molecule has 6 nitrogen and oxygen atoms in total. The van der Waals surface area contributed by atoms with E-state index in [9.17, 15) is 9.59 Å². The van der Waals surface area contributed by atoms with Crippen molar-refractivity contribution < 1.29 is 19.4 Å². The molecule has 1 aliphatic heterocycles. The van der Waals surface area contributed by atoms with Crippen LogP contribution in [0.1, 0.15) is 39.0 Å². The van der Waals surface area contributed by atoms with Crippen molar-refractivity contribution in [1.29, 1.82) is 0 Å². The van der Waals surface area contributed by atoms with Gasteiger partial charge in [0, 0.05) is 25.8 Å². The molecule has 2 amide bonds. The fraction of sp³-hybridized carbons (Fsp3) is 0.846. The van der Waals surface area contributed by atoms with Gasteiger partial charge in [0.25, 0.3) is 0 Å². The van der Waals surface area contributed by atoms with Crippen molar-refractivity contribution in [2.75, 3.05) is 19.8 Å². The van der Waals surface area contributed by atoms with Crippen LogP contribution in [0.4, 0.5) is 4.79 Å². The van der Waals surface area contributed by atoms with Crippen molar-refractivity contribution in [2.24, 2.45) is 5.92 Å². The van der Waals surface area contributed by atoms with Crippen molar-refractivity contribution in [1.82, 2.24) is 10.6 Å². The van der Waals surface area contributed by atoms with Crippen LogP contribution >= 0.6 is 0 Å². The van der Waals surface area contributed by atoms with Gasteiger partial charge in [-0.1, -0.05) is 13.3 Å². The minimum atomic E-state index is -0.886. The second-order valence-corrected chi connectivity index (χ2v) is 4.99. The molecule has 0 aliphatic carbocycles. The third-order valence-electron chi connectivity index (χ3n) is 3.29. The van der Waals surface area contributed by atoms with Gasteiger partial charge in [0.1, 0.15) is 0 Å². The van der Waals surface area contributed by atoms with Crippen molar-refractivity contribution >= 4 is 12.0 Å². The number of nitrogens with one attached hydrogen (secondary N) is 2. The average Bonchev–Trinajstić information content (AvgIpc) is 2.37. The number of carbonyl (C=O) groups excluding carboxylic acids is 1. The molecule has 0 radical (unpaired) electrons. The van der Waals surface area contributed by atoms with E-state index < -0.39 is 5.97 Å². The lowest BCUT2D eigenvalue weighted by Gasteiger charge is -2.23. The first-order valence-electron chi connectivity index (χ1n) is 6.95. The molecule has 1 unspecified atom stereocenters. The molecule has 1 atom stereocenters. The topological polar surface area (TPSA) is 87.7 Å². The zero-order valence-corrected chi connectivity index (χ0v) is 11.5. The lowest BCUT2D eigenvalue weighted by Crippen LogP contribution is -2.44. The average molecular weight is 272 g/mol. The number of hydrogen-bond donors (Lipinski definition) is 3. The van der Waals surface area contributed by atoms with Gasteiger partial charge in [-0.2, -0.15) is 0 Å². The van der Waals surface area contributed by atoms with Gasteiger partial charge in [-0.05, 0) is 25.2 Å². The van der Waals surface area contributed by atoms with Crippen LogP contribution in [0.15, 0.2) is 0 Å². The lowest BCUT2D eigenvalue weighted by atomic mass is 10.0. The van der Waals surface area contributed by atoms with E-state index in [-0.39, 0.29) is 18.5 Å². The number of carbonyl (C=O) groups is 2. The Morgan fingerprint density at radius 1 is 1.37 bits per heavy atom. The molecule has 0 spiro atoms. The number of amides is 2. The van der Waals surface area contributed by atoms with E-state index in [1.165, 1.54) is 0 Å². The molecule has 1 fully saturated rings. The molecule has 19 heavy (non-hydrogen) atoms. The number of aliphatic carboxylic acids is 1. The van der Waals surface area contributed by atoms with E-state index >= 15 is 0 Å². The second-order valence-electron chi connectivity index (χ2n) is 4.99. The summed E-state index contributed by atoms with van der Waals surface area (Å²) in [6.07, 6.45) is 3.43. The molecule has 1 heterocycles. The standard InChI is InChI=1S/C13H24N2O4/c1-2-3-11(8-12(16)17)15-13(18)14-9-10-4-6-19-7-5-10/h10-11H,2-9H2,1H3,(H,16,17)(H2,14,15,18). The first-order valence-corrected chi connectivity index (χ1v) is 6.95. The van der Waals surface area contributed by atoms with Gasteiger partial charge >= 0.3 is 12.0 Å². The quantitative estimate of drug-likeness (QED) is 0.653. The predicted octanol–water partition coefficient (Wildman–Crippen LogP) is 1.36. The Hall–Kier alpha value is -1.30. The summed E-state index contributed by atoms with van der Waals surface area (Å²) in [5, 5.41) is 14.3. The first-order chi connectivity index (χ1) is 9.11. The van der Waals surface area contributed by atoms with Gasteiger partial charge in [0.15, 0.2) is 0 Å². The number of ether oxygens (including phenoxy) is 1. The Bertz CT molecular complexity index is 290. The number of urea groups is 1. The molecule has 1 rings (SSSR count). The predicted molar refractivity (Wildman–Crippen MR) is 71.0 cm³/mol. The lowest BCUT2D eigenvalue weighted by molar-refractivity contribution is -0.137. The fourth-order valence-corrected chi connectivity index (χ4v) is 2.21. The Labute approximate surface area is 113 Å². The van der Waals surface area contributed by atoms with Gasteiger partial charge in [0.2, 0.25) is 0 Å². The van der Waals surface area contributed by atoms with Crippen LogP contribution in [-0.4, -0.2) is 42.9 Å². The van der Waals surface area contributed by atoms with E-state index in [4.69, 9.17) is 9.84 Å². The number of hydrogen-bond acceptors (Lipinski definition) is 3. The molecule has 0 aromatic rings. The second kappa shape index (κ2) is 8.74. The summed E-state index contributed by atoms with van der Waals surface area (Å²) in [5.74, 6) is -0.424. The Morgan fingerprint density at radius 3 is 2.63 bits per heavy atom. The van der Waals surface area contributed by atoms with E-state index in [0.717, 1.165) is 32.5 Å². The smallest absolute Gasteiger partial charge is 0.315 e. The van der Waals surface area contributed by atoms with Crippen LogP contribution in [0.3, 0.4) is 0 Å². The van der Waals surface area contributed by atoms with Gasteiger partial charge in [-0.25, -0.2) is 4.79 Å². The first kappa shape index (κ1) is 15.8. The molecule has 1 aliphatic rings. The maximum Gasteiger partial charge on any atom is 0.315 e. The fourth-order valence-electron chi connectivity index (χ4n) is 2.21. The molecule has 110 valence electrons. The van der Waals surface area contributed by atoms with Crippen LogP contribution in [-0.2, 0) is 9.53 Å². The van der Waals surface area contributed by atoms with Crippen molar-refractivity contribution in [2.45, 2.75) is 45.1 Å². The summed E-state index contributed by atoms with van der Waals surface area (Å²) in [7, 11) is 0. The van der Waals surface area contributed by atoms with E-state index in [2.05, 4.69) is 10.6 Å². The summed E-state index contributed by atoms with van der Waals surface area (Å²) in [6, 6.07) is -0.566. The van der Waals surface area contributed by atoms with Crippen LogP contribution in [0.2, 0.25) is 0 Å². The number of rotatable bonds is 7. The molecule has 1 saturated heterocycles. The Morgan fingerprint density at radius 2 is 2.05 bits per heavy atom. The largest absolute Gasteiger partial charge is 0.481 e. The molecule has 0 bridgehead atoms.